The van der Waals surface area contributed by atoms with Gasteiger partial charge in [0.15, 0.2) is 5.78 Å². The van der Waals surface area contributed by atoms with Gasteiger partial charge in [0, 0.05) is 23.2 Å². The minimum atomic E-state index is -0.415. The maximum atomic E-state index is 13.1. The van der Waals surface area contributed by atoms with Crippen molar-refractivity contribution >= 4 is 35.6 Å². The molecule has 0 bridgehead atoms. The number of phenols is 1. The van der Waals surface area contributed by atoms with Crippen molar-refractivity contribution in [3.63, 3.8) is 0 Å². The van der Waals surface area contributed by atoms with Crippen LogP contribution in [-0.4, -0.2) is 48.8 Å². The van der Waals surface area contributed by atoms with Crippen LogP contribution in [-0.2, 0) is 5.88 Å². The zero-order chi connectivity index (χ0) is 18.8. The fourth-order valence-corrected chi connectivity index (χ4v) is 3.28. The Morgan fingerprint density at radius 1 is 1.04 bits per heavy atom. The third-order valence-corrected chi connectivity index (χ3v) is 4.67. The zero-order valence-electron chi connectivity index (χ0n) is 15.1. The van der Waals surface area contributed by atoms with Gasteiger partial charge < -0.3 is 14.7 Å². The lowest BCUT2D eigenvalue weighted by molar-refractivity contribution is 0.0973. The van der Waals surface area contributed by atoms with E-state index in [4.69, 9.17) is 16.3 Å². The molecule has 0 heterocycles. The maximum absolute atomic E-state index is 13.1. The Morgan fingerprint density at radius 3 is 2.41 bits per heavy atom. The standard InChI is InChI=1S/C20H20ClNO4.ClH/c1-22(2)9-4-10-26-15-6-3-5-13-16(15)20(25)17-14(19(13)24)8-7-12(11-21)18(17)23;/h3,5-8,23H,4,9-11H2,1-2H3;1H. The van der Waals surface area contributed by atoms with Crippen LogP contribution in [0, 0.1) is 0 Å². The molecule has 144 valence electrons. The molecule has 2 aromatic rings. The van der Waals surface area contributed by atoms with Gasteiger partial charge in [-0.1, -0.05) is 18.2 Å². The highest BCUT2D eigenvalue weighted by molar-refractivity contribution is 6.30. The number of carbonyl (C=O) groups excluding carboxylic acids is 2. The van der Waals surface area contributed by atoms with E-state index in [0.29, 0.717) is 23.5 Å². The van der Waals surface area contributed by atoms with Crippen molar-refractivity contribution in [2.45, 2.75) is 12.3 Å². The van der Waals surface area contributed by atoms with Crippen LogP contribution in [0.5, 0.6) is 11.5 Å². The zero-order valence-corrected chi connectivity index (χ0v) is 16.7. The fraction of sp³-hybridized carbons (Fsp3) is 0.300. The molecule has 1 N–H and O–H groups in total. The van der Waals surface area contributed by atoms with Gasteiger partial charge >= 0.3 is 0 Å². The molecule has 0 atom stereocenters. The van der Waals surface area contributed by atoms with Gasteiger partial charge in [-0.05, 0) is 32.6 Å². The number of ether oxygens (including phenoxy) is 1. The van der Waals surface area contributed by atoms with Gasteiger partial charge in [0.05, 0.1) is 23.6 Å². The molecule has 1 aliphatic rings. The van der Waals surface area contributed by atoms with Gasteiger partial charge in [-0.25, -0.2) is 0 Å². The molecule has 0 aliphatic heterocycles. The molecule has 1 aliphatic carbocycles. The Bertz CT molecular complexity index is 881. The molecule has 3 rings (SSSR count). The number of phenolic OH excluding ortho intramolecular Hbond substituents is 1. The van der Waals surface area contributed by atoms with Crippen molar-refractivity contribution in [1.29, 1.82) is 0 Å². The molecule has 0 amide bonds. The van der Waals surface area contributed by atoms with E-state index >= 15 is 0 Å². The number of rotatable bonds is 6. The van der Waals surface area contributed by atoms with Gasteiger partial charge in [-0.15, -0.1) is 24.0 Å². The lowest BCUT2D eigenvalue weighted by atomic mass is 9.82. The van der Waals surface area contributed by atoms with Crippen LogP contribution in [0.3, 0.4) is 0 Å². The maximum Gasteiger partial charge on any atom is 0.201 e. The van der Waals surface area contributed by atoms with Gasteiger partial charge in [-0.3, -0.25) is 9.59 Å². The third-order valence-electron chi connectivity index (χ3n) is 4.38. The van der Waals surface area contributed by atoms with Crippen molar-refractivity contribution < 1.29 is 19.4 Å². The second kappa shape index (κ2) is 8.74. The lowest BCUT2D eigenvalue weighted by Gasteiger charge is -2.22. The summed E-state index contributed by atoms with van der Waals surface area (Å²) in [6.07, 6.45) is 0.789. The normalized spacial score (nSPS) is 12.4. The van der Waals surface area contributed by atoms with E-state index < -0.39 is 5.78 Å². The SMILES string of the molecule is CN(C)CCCOc1cccc2c1C(=O)c1c(ccc(CCl)c1O)C2=O.Cl. The summed E-state index contributed by atoms with van der Waals surface area (Å²) in [4.78, 5) is 27.9. The van der Waals surface area contributed by atoms with Gasteiger partial charge in [0.1, 0.15) is 11.5 Å². The van der Waals surface area contributed by atoms with Crippen LogP contribution in [0.1, 0.15) is 43.8 Å². The van der Waals surface area contributed by atoms with Crippen molar-refractivity contribution in [1.82, 2.24) is 4.90 Å². The summed E-state index contributed by atoms with van der Waals surface area (Å²) >= 11 is 5.82. The summed E-state index contributed by atoms with van der Waals surface area (Å²) in [6, 6.07) is 8.09. The lowest BCUT2D eigenvalue weighted by Crippen LogP contribution is -2.23. The van der Waals surface area contributed by atoms with E-state index in [0.717, 1.165) is 13.0 Å². The van der Waals surface area contributed by atoms with Crippen LogP contribution >= 0.6 is 24.0 Å². The summed E-state index contributed by atoms with van der Waals surface area (Å²) < 4.78 is 5.78. The first-order chi connectivity index (χ1) is 12.5. The second-order valence-electron chi connectivity index (χ2n) is 6.47. The van der Waals surface area contributed by atoms with Gasteiger partial charge in [0.2, 0.25) is 5.78 Å². The monoisotopic (exact) mass is 409 g/mol. The molecule has 5 nitrogen and oxygen atoms in total. The molecule has 0 radical (unpaired) electrons. The summed E-state index contributed by atoms with van der Waals surface area (Å²) in [5.41, 5.74) is 1.12. The first-order valence-corrected chi connectivity index (χ1v) is 8.90. The van der Waals surface area contributed by atoms with Gasteiger partial charge in [-0.2, -0.15) is 0 Å². The number of benzene rings is 2. The number of aromatic hydroxyl groups is 1. The predicted octanol–water partition coefficient (Wildman–Crippen LogP) is 3.66. The number of halogens is 2. The van der Waals surface area contributed by atoms with E-state index in [9.17, 15) is 14.7 Å². The number of nitrogens with zero attached hydrogens (tertiary/aromatic N) is 1. The summed E-state index contributed by atoms with van der Waals surface area (Å²) in [5.74, 6) is -0.535. The van der Waals surface area contributed by atoms with E-state index in [1.807, 2.05) is 19.0 Å². The van der Waals surface area contributed by atoms with Gasteiger partial charge in [0.25, 0.3) is 0 Å². The minimum absolute atomic E-state index is 0. The first-order valence-electron chi connectivity index (χ1n) is 8.36. The van der Waals surface area contributed by atoms with E-state index in [2.05, 4.69) is 0 Å². The van der Waals surface area contributed by atoms with Crippen LogP contribution in [0.25, 0.3) is 0 Å². The van der Waals surface area contributed by atoms with Crippen LogP contribution in [0.15, 0.2) is 30.3 Å². The number of alkyl halides is 1. The highest BCUT2D eigenvalue weighted by Gasteiger charge is 2.35. The Balaban J connectivity index is 0.00000261. The van der Waals surface area contributed by atoms with Crippen LogP contribution < -0.4 is 4.74 Å². The molecular weight excluding hydrogens is 389 g/mol. The smallest absolute Gasteiger partial charge is 0.201 e. The molecule has 0 saturated carbocycles. The second-order valence-corrected chi connectivity index (χ2v) is 6.74. The summed E-state index contributed by atoms with van der Waals surface area (Å²) in [5, 5.41) is 10.4. The van der Waals surface area contributed by atoms with E-state index in [-0.39, 0.29) is 46.5 Å². The molecule has 0 spiro atoms. The first kappa shape index (κ1) is 21.2. The van der Waals surface area contributed by atoms with E-state index in [1.54, 1.807) is 30.3 Å². The Morgan fingerprint density at radius 2 is 1.74 bits per heavy atom. The molecule has 0 saturated heterocycles. The molecule has 7 heteroatoms. The van der Waals surface area contributed by atoms with Crippen LogP contribution in [0.4, 0.5) is 0 Å². The fourth-order valence-electron chi connectivity index (χ4n) is 3.07. The molecule has 0 aromatic heterocycles. The van der Waals surface area contributed by atoms with Crippen molar-refractivity contribution in [3.05, 3.63) is 58.1 Å². The summed E-state index contributed by atoms with van der Waals surface area (Å²) in [7, 11) is 3.95. The van der Waals surface area contributed by atoms with E-state index in [1.165, 1.54) is 0 Å². The largest absolute Gasteiger partial charge is 0.507 e. The molecule has 2 aromatic carbocycles. The van der Waals surface area contributed by atoms with Crippen molar-refractivity contribution in [3.8, 4) is 11.5 Å². The predicted molar refractivity (Wildman–Crippen MR) is 107 cm³/mol. The average molecular weight is 410 g/mol. The number of hydrogen-bond acceptors (Lipinski definition) is 5. The molecule has 27 heavy (non-hydrogen) atoms. The Labute approximate surface area is 169 Å². The Hall–Kier alpha value is -2.08. The Kier molecular flexibility index (Phi) is 6.87. The number of carbonyl (C=O) groups is 2. The molecule has 0 fully saturated rings. The molecule has 0 unspecified atom stereocenters. The van der Waals surface area contributed by atoms with Crippen LogP contribution in [0.2, 0.25) is 0 Å². The van der Waals surface area contributed by atoms with Crippen molar-refractivity contribution in [2.24, 2.45) is 0 Å². The summed E-state index contributed by atoms with van der Waals surface area (Å²) in [6.45, 7) is 1.28. The molecular formula is C20H21Cl2NO4. The highest BCUT2D eigenvalue weighted by Crippen LogP contribution is 2.38. The number of hydrogen-bond donors (Lipinski definition) is 1. The topological polar surface area (TPSA) is 66.8 Å². The highest BCUT2D eigenvalue weighted by atomic mass is 35.5. The van der Waals surface area contributed by atoms with Crippen molar-refractivity contribution in [2.75, 3.05) is 27.2 Å². The minimum Gasteiger partial charge on any atom is -0.507 e. The third kappa shape index (κ3) is 3.95. The number of ketones is 2. The average Bonchev–Trinajstić information content (AvgIpc) is 2.62. The quantitative estimate of drug-likeness (QED) is 0.496. The number of fused-ring (bicyclic) bond motifs is 2.